The van der Waals surface area contributed by atoms with Crippen molar-refractivity contribution in [2.75, 3.05) is 7.05 Å². The molecule has 0 saturated heterocycles. The zero-order chi connectivity index (χ0) is 15.1. The predicted octanol–water partition coefficient (Wildman–Crippen LogP) is 3.07. The second-order valence-electron chi connectivity index (χ2n) is 5.16. The van der Waals surface area contributed by atoms with E-state index < -0.39 is 5.38 Å². The van der Waals surface area contributed by atoms with Gasteiger partial charge in [-0.1, -0.05) is 12.1 Å². The minimum Gasteiger partial charge on any atom is -0.464 e. The van der Waals surface area contributed by atoms with Crippen LogP contribution >= 0.6 is 11.6 Å². The molecule has 0 fully saturated rings. The molecule has 2 heterocycles. The SMILES string of the molecule is Cc1ccc(C(Cl)c2ccc3c(c2)C(=O)N(C)C(=O)C3)o1. The largest absolute Gasteiger partial charge is 0.464 e. The Kier molecular flexibility index (Phi) is 3.33. The molecule has 21 heavy (non-hydrogen) atoms. The van der Waals surface area contributed by atoms with Crippen LogP contribution in [0.25, 0.3) is 0 Å². The summed E-state index contributed by atoms with van der Waals surface area (Å²) in [5.41, 5.74) is 2.05. The smallest absolute Gasteiger partial charge is 0.260 e. The molecule has 5 heteroatoms. The van der Waals surface area contributed by atoms with Gasteiger partial charge >= 0.3 is 0 Å². The van der Waals surface area contributed by atoms with E-state index in [1.165, 1.54) is 7.05 Å². The lowest BCUT2D eigenvalue weighted by atomic mass is 9.95. The van der Waals surface area contributed by atoms with Crippen molar-refractivity contribution >= 4 is 23.4 Å². The Labute approximate surface area is 127 Å². The van der Waals surface area contributed by atoms with Gasteiger partial charge in [0.25, 0.3) is 5.91 Å². The number of carbonyl (C=O) groups is 2. The summed E-state index contributed by atoms with van der Waals surface area (Å²) in [6.45, 7) is 1.85. The number of benzene rings is 1. The van der Waals surface area contributed by atoms with Gasteiger partial charge in [-0.15, -0.1) is 11.6 Å². The number of hydrogen-bond acceptors (Lipinski definition) is 3. The van der Waals surface area contributed by atoms with Crippen molar-refractivity contribution in [3.63, 3.8) is 0 Å². The number of amides is 2. The third kappa shape index (κ3) is 2.36. The molecule has 0 N–H and O–H groups in total. The molecule has 0 aliphatic carbocycles. The Hall–Kier alpha value is -2.07. The zero-order valence-electron chi connectivity index (χ0n) is 11.7. The van der Waals surface area contributed by atoms with Gasteiger partial charge in [0.15, 0.2) is 0 Å². The molecule has 1 unspecified atom stereocenters. The van der Waals surface area contributed by atoms with E-state index in [-0.39, 0.29) is 18.2 Å². The van der Waals surface area contributed by atoms with Gasteiger partial charge in [0.2, 0.25) is 5.91 Å². The van der Waals surface area contributed by atoms with Gasteiger partial charge in [-0.25, -0.2) is 0 Å². The second kappa shape index (κ2) is 5.04. The van der Waals surface area contributed by atoms with Crippen LogP contribution in [-0.4, -0.2) is 23.8 Å². The summed E-state index contributed by atoms with van der Waals surface area (Å²) in [6, 6.07) is 9.04. The lowest BCUT2D eigenvalue weighted by molar-refractivity contribution is -0.127. The molecule has 1 aliphatic rings. The van der Waals surface area contributed by atoms with E-state index in [0.29, 0.717) is 11.3 Å². The molecule has 1 atom stereocenters. The van der Waals surface area contributed by atoms with Gasteiger partial charge in [-0.3, -0.25) is 14.5 Å². The van der Waals surface area contributed by atoms with E-state index in [2.05, 4.69) is 0 Å². The molecular weight excluding hydrogens is 290 g/mol. The number of halogens is 1. The average molecular weight is 304 g/mol. The van der Waals surface area contributed by atoms with Gasteiger partial charge in [-0.2, -0.15) is 0 Å². The van der Waals surface area contributed by atoms with E-state index in [1.54, 1.807) is 12.1 Å². The average Bonchev–Trinajstić information content (AvgIpc) is 2.90. The number of furan rings is 1. The van der Waals surface area contributed by atoms with Gasteiger partial charge in [0, 0.05) is 12.6 Å². The number of likely N-dealkylation sites (N-methyl/N-ethyl adjacent to an activating group) is 1. The number of nitrogens with zero attached hydrogens (tertiary/aromatic N) is 1. The topological polar surface area (TPSA) is 50.5 Å². The van der Waals surface area contributed by atoms with Crippen LogP contribution in [0.5, 0.6) is 0 Å². The normalized spacial score (nSPS) is 16.0. The molecular formula is C16H14ClNO3. The molecule has 4 nitrogen and oxygen atoms in total. The molecule has 0 saturated carbocycles. The maximum Gasteiger partial charge on any atom is 0.260 e. The molecule has 0 spiro atoms. The Balaban J connectivity index is 2.00. The number of imide groups is 1. The molecule has 2 aromatic rings. The van der Waals surface area contributed by atoms with Crippen LogP contribution in [0.3, 0.4) is 0 Å². The first-order valence-corrected chi connectivity index (χ1v) is 7.05. The number of fused-ring (bicyclic) bond motifs is 1. The summed E-state index contributed by atoms with van der Waals surface area (Å²) >= 11 is 6.41. The summed E-state index contributed by atoms with van der Waals surface area (Å²) < 4.78 is 5.53. The number of hydrogen-bond donors (Lipinski definition) is 0. The van der Waals surface area contributed by atoms with E-state index in [0.717, 1.165) is 21.8 Å². The van der Waals surface area contributed by atoms with Crippen LogP contribution in [0.4, 0.5) is 0 Å². The number of alkyl halides is 1. The highest BCUT2D eigenvalue weighted by molar-refractivity contribution is 6.22. The molecule has 2 amide bonds. The highest BCUT2D eigenvalue weighted by Crippen LogP contribution is 2.32. The minimum atomic E-state index is -0.459. The Morgan fingerprint density at radius 1 is 1.24 bits per heavy atom. The van der Waals surface area contributed by atoms with Crippen LogP contribution in [0.1, 0.15) is 38.4 Å². The third-order valence-electron chi connectivity index (χ3n) is 3.69. The van der Waals surface area contributed by atoms with Crippen molar-refractivity contribution < 1.29 is 14.0 Å². The van der Waals surface area contributed by atoms with Crippen molar-refractivity contribution in [2.24, 2.45) is 0 Å². The Morgan fingerprint density at radius 3 is 2.67 bits per heavy atom. The molecule has 3 rings (SSSR count). The summed E-state index contributed by atoms with van der Waals surface area (Å²) in [6.07, 6.45) is 0.241. The highest BCUT2D eigenvalue weighted by Gasteiger charge is 2.29. The predicted molar refractivity (Wildman–Crippen MR) is 78.4 cm³/mol. The molecule has 0 radical (unpaired) electrons. The van der Waals surface area contributed by atoms with E-state index >= 15 is 0 Å². The summed E-state index contributed by atoms with van der Waals surface area (Å²) in [7, 11) is 1.49. The van der Waals surface area contributed by atoms with E-state index in [1.807, 2.05) is 25.1 Å². The lowest BCUT2D eigenvalue weighted by Gasteiger charge is -2.24. The van der Waals surface area contributed by atoms with Crippen LogP contribution < -0.4 is 0 Å². The maximum atomic E-state index is 12.2. The molecule has 1 aliphatic heterocycles. The van der Waals surface area contributed by atoms with Gasteiger partial charge < -0.3 is 4.42 Å². The van der Waals surface area contributed by atoms with Crippen molar-refractivity contribution in [1.82, 2.24) is 4.90 Å². The fourth-order valence-corrected chi connectivity index (χ4v) is 2.69. The fourth-order valence-electron chi connectivity index (χ4n) is 2.43. The van der Waals surface area contributed by atoms with Crippen LogP contribution in [0, 0.1) is 6.92 Å². The van der Waals surface area contributed by atoms with Crippen molar-refractivity contribution in [2.45, 2.75) is 18.7 Å². The third-order valence-corrected chi connectivity index (χ3v) is 4.16. The fraction of sp³-hybridized carbons (Fsp3) is 0.250. The Morgan fingerprint density at radius 2 is 2.00 bits per heavy atom. The maximum absolute atomic E-state index is 12.2. The zero-order valence-corrected chi connectivity index (χ0v) is 12.5. The second-order valence-corrected chi connectivity index (χ2v) is 5.60. The van der Waals surface area contributed by atoms with Crippen LogP contribution in [-0.2, 0) is 11.2 Å². The number of aryl methyl sites for hydroxylation is 1. The highest BCUT2D eigenvalue weighted by atomic mass is 35.5. The Bertz CT molecular complexity index is 735. The summed E-state index contributed by atoms with van der Waals surface area (Å²) in [5.74, 6) is 0.948. The standard InChI is InChI=1S/C16H14ClNO3/c1-9-3-6-13(21-9)15(17)11-5-4-10-8-14(19)18(2)16(20)12(10)7-11/h3-7,15H,8H2,1-2H3. The van der Waals surface area contributed by atoms with Crippen molar-refractivity contribution in [3.05, 3.63) is 58.5 Å². The molecule has 108 valence electrons. The molecule has 0 bridgehead atoms. The van der Waals surface area contributed by atoms with Gasteiger partial charge in [0.05, 0.1) is 6.42 Å². The van der Waals surface area contributed by atoms with Crippen molar-refractivity contribution in [3.8, 4) is 0 Å². The quantitative estimate of drug-likeness (QED) is 0.633. The van der Waals surface area contributed by atoms with Crippen molar-refractivity contribution in [1.29, 1.82) is 0 Å². The van der Waals surface area contributed by atoms with Gasteiger partial charge in [0.1, 0.15) is 16.9 Å². The first kappa shape index (κ1) is 13.9. The molecule has 1 aromatic heterocycles. The number of carbonyl (C=O) groups excluding carboxylic acids is 2. The van der Waals surface area contributed by atoms with E-state index in [9.17, 15) is 9.59 Å². The summed E-state index contributed by atoms with van der Waals surface area (Å²) in [4.78, 5) is 25.0. The number of rotatable bonds is 2. The summed E-state index contributed by atoms with van der Waals surface area (Å²) in [5, 5.41) is -0.459. The first-order valence-electron chi connectivity index (χ1n) is 6.61. The first-order chi connectivity index (χ1) is 9.97. The van der Waals surface area contributed by atoms with E-state index in [4.69, 9.17) is 16.0 Å². The monoisotopic (exact) mass is 303 g/mol. The van der Waals surface area contributed by atoms with Crippen LogP contribution in [0.15, 0.2) is 34.7 Å². The lowest BCUT2D eigenvalue weighted by Crippen LogP contribution is -2.39. The molecule has 1 aromatic carbocycles. The minimum absolute atomic E-state index is 0.190. The van der Waals surface area contributed by atoms with Gasteiger partial charge in [-0.05, 0) is 36.2 Å². The van der Waals surface area contributed by atoms with Crippen LogP contribution in [0.2, 0.25) is 0 Å².